The lowest BCUT2D eigenvalue weighted by atomic mass is 10.0. The molecular weight excluding hydrogens is 438 g/mol. The van der Waals surface area contributed by atoms with Crippen LogP contribution >= 0.6 is 0 Å². The maximum Gasteiger partial charge on any atom is 0.224 e. The summed E-state index contributed by atoms with van der Waals surface area (Å²) in [4.78, 5) is 28.3. The molecule has 3 N–H and O–H groups in total. The zero-order valence-corrected chi connectivity index (χ0v) is 18.9. The zero-order chi connectivity index (χ0) is 23.8. The Kier molecular flexibility index (Phi) is 5.03. The van der Waals surface area contributed by atoms with Gasteiger partial charge < -0.3 is 10.3 Å². The number of hydrogen-bond donors (Lipinski definition) is 3. The average molecular weight is 460 g/mol. The molecule has 5 heterocycles. The van der Waals surface area contributed by atoms with Crippen LogP contribution < -0.4 is 5.32 Å². The largest absolute Gasteiger partial charge is 0.338 e. The molecule has 0 unspecified atom stereocenters. The molecule has 0 aliphatic heterocycles. The molecule has 1 amide bonds. The first-order chi connectivity index (χ1) is 17.2. The number of anilines is 1. The molecule has 0 radical (unpaired) electrons. The van der Waals surface area contributed by atoms with Crippen molar-refractivity contribution in [2.45, 2.75) is 13.3 Å². The molecule has 0 spiro atoms. The van der Waals surface area contributed by atoms with Gasteiger partial charge in [0.25, 0.3) is 0 Å². The Morgan fingerprint density at radius 1 is 0.914 bits per heavy atom. The van der Waals surface area contributed by atoms with E-state index in [1.165, 1.54) is 0 Å². The predicted molar refractivity (Wildman–Crippen MR) is 137 cm³/mol. The van der Waals surface area contributed by atoms with Crippen LogP contribution in [-0.2, 0) is 4.79 Å². The first-order valence-electron chi connectivity index (χ1n) is 11.3. The van der Waals surface area contributed by atoms with Crippen LogP contribution in [0.3, 0.4) is 0 Å². The third-order valence-electron chi connectivity index (χ3n) is 6.00. The van der Waals surface area contributed by atoms with Crippen molar-refractivity contribution in [2.75, 3.05) is 5.32 Å². The van der Waals surface area contributed by atoms with Gasteiger partial charge in [-0.3, -0.25) is 19.9 Å². The molecule has 0 aliphatic rings. The number of carbonyl (C=O) groups is 1. The second-order valence-electron chi connectivity index (χ2n) is 8.24. The minimum Gasteiger partial charge on any atom is -0.338 e. The van der Waals surface area contributed by atoms with Gasteiger partial charge in [-0.15, -0.1) is 0 Å². The van der Waals surface area contributed by atoms with Gasteiger partial charge in [-0.25, -0.2) is 4.98 Å². The first-order valence-corrected chi connectivity index (χ1v) is 11.3. The maximum atomic E-state index is 11.8. The highest BCUT2D eigenvalue weighted by molar-refractivity contribution is 6.00. The summed E-state index contributed by atoms with van der Waals surface area (Å²) in [6.07, 6.45) is 9.26. The van der Waals surface area contributed by atoms with E-state index in [-0.39, 0.29) is 5.91 Å². The molecule has 1 aromatic carbocycles. The molecule has 0 saturated heterocycles. The van der Waals surface area contributed by atoms with E-state index in [1.807, 2.05) is 49.5 Å². The third-order valence-corrected chi connectivity index (χ3v) is 6.00. The van der Waals surface area contributed by atoms with Gasteiger partial charge in [-0.2, -0.15) is 5.10 Å². The lowest BCUT2D eigenvalue weighted by Gasteiger charge is -2.06. The number of amides is 1. The number of nitrogens with zero attached hydrogens (tertiary/aromatic N) is 4. The second kappa shape index (κ2) is 8.49. The summed E-state index contributed by atoms with van der Waals surface area (Å²) in [6, 6.07) is 16.1. The van der Waals surface area contributed by atoms with Crippen molar-refractivity contribution < 1.29 is 4.79 Å². The number of carbonyl (C=O) groups excluding carboxylic acids is 1. The van der Waals surface area contributed by atoms with Gasteiger partial charge in [0.1, 0.15) is 11.3 Å². The number of aromatic amines is 2. The van der Waals surface area contributed by atoms with Crippen molar-refractivity contribution in [3.63, 3.8) is 0 Å². The molecule has 170 valence electrons. The topological polar surface area (TPSA) is 112 Å². The molecule has 0 aliphatic carbocycles. The number of fused-ring (bicyclic) bond motifs is 2. The van der Waals surface area contributed by atoms with Crippen LogP contribution in [0.5, 0.6) is 0 Å². The fraction of sp³-hybridized carbons (Fsp3) is 0.0741. The van der Waals surface area contributed by atoms with Crippen LogP contribution in [0.25, 0.3) is 55.6 Å². The number of benzene rings is 1. The molecule has 5 aromatic heterocycles. The number of H-pyrrole nitrogens is 2. The number of aromatic nitrogens is 6. The summed E-state index contributed by atoms with van der Waals surface area (Å²) in [6.45, 7) is 1.82. The van der Waals surface area contributed by atoms with Crippen molar-refractivity contribution in [1.82, 2.24) is 30.1 Å². The Morgan fingerprint density at radius 2 is 1.83 bits per heavy atom. The quantitative estimate of drug-likeness (QED) is 0.312. The second-order valence-corrected chi connectivity index (χ2v) is 8.24. The highest BCUT2D eigenvalue weighted by Crippen LogP contribution is 2.34. The lowest BCUT2D eigenvalue weighted by Crippen LogP contribution is -2.09. The fourth-order valence-corrected chi connectivity index (χ4v) is 4.24. The summed E-state index contributed by atoms with van der Waals surface area (Å²) in [7, 11) is 0. The van der Waals surface area contributed by atoms with Gasteiger partial charge in [0.05, 0.1) is 23.1 Å². The SMILES string of the molecule is CCC(=O)Nc1cncc(-c2ccc3[nH]nc(-c4cc5c(-c6cccnc6)ccnc5[nH]4)c3c2)c1. The highest BCUT2D eigenvalue weighted by atomic mass is 16.1. The highest BCUT2D eigenvalue weighted by Gasteiger charge is 2.15. The molecule has 35 heavy (non-hydrogen) atoms. The number of hydrogen-bond acceptors (Lipinski definition) is 5. The van der Waals surface area contributed by atoms with Crippen LogP contribution in [-0.4, -0.2) is 36.0 Å². The summed E-state index contributed by atoms with van der Waals surface area (Å²) >= 11 is 0. The van der Waals surface area contributed by atoms with Crippen LogP contribution in [0.2, 0.25) is 0 Å². The van der Waals surface area contributed by atoms with Gasteiger partial charge in [-0.1, -0.05) is 19.1 Å². The van der Waals surface area contributed by atoms with E-state index >= 15 is 0 Å². The third kappa shape index (κ3) is 3.80. The van der Waals surface area contributed by atoms with Crippen LogP contribution in [0, 0.1) is 0 Å². The number of rotatable bonds is 5. The summed E-state index contributed by atoms with van der Waals surface area (Å²) in [5, 5.41) is 12.6. The molecule has 0 saturated carbocycles. The number of pyridine rings is 3. The molecule has 8 heteroatoms. The van der Waals surface area contributed by atoms with E-state index in [0.29, 0.717) is 12.1 Å². The van der Waals surface area contributed by atoms with E-state index in [1.54, 1.807) is 24.8 Å². The Bertz CT molecular complexity index is 1680. The van der Waals surface area contributed by atoms with Gasteiger partial charge in [0.2, 0.25) is 5.91 Å². The minimum absolute atomic E-state index is 0.0467. The van der Waals surface area contributed by atoms with E-state index in [9.17, 15) is 4.79 Å². The molecule has 0 atom stereocenters. The monoisotopic (exact) mass is 459 g/mol. The van der Waals surface area contributed by atoms with Gasteiger partial charge >= 0.3 is 0 Å². The van der Waals surface area contributed by atoms with E-state index in [4.69, 9.17) is 0 Å². The lowest BCUT2D eigenvalue weighted by molar-refractivity contribution is -0.115. The molecule has 8 nitrogen and oxygen atoms in total. The van der Waals surface area contributed by atoms with Crippen LogP contribution in [0.1, 0.15) is 13.3 Å². The Balaban J connectivity index is 1.43. The minimum atomic E-state index is -0.0467. The molecular formula is C27H21N7O. The summed E-state index contributed by atoms with van der Waals surface area (Å²) in [5.74, 6) is -0.0467. The normalized spacial score (nSPS) is 11.2. The molecule has 0 fully saturated rings. The predicted octanol–water partition coefficient (Wildman–Crippen LogP) is 5.58. The van der Waals surface area contributed by atoms with E-state index in [2.05, 4.69) is 47.6 Å². The van der Waals surface area contributed by atoms with Crippen molar-refractivity contribution in [3.05, 3.63) is 79.5 Å². The van der Waals surface area contributed by atoms with E-state index < -0.39 is 0 Å². The Hall–Kier alpha value is -4.85. The smallest absolute Gasteiger partial charge is 0.224 e. The zero-order valence-electron chi connectivity index (χ0n) is 18.9. The Morgan fingerprint density at radius 3 is 2.69 bits per heavy atom. The summed E-state index contributed by atoms with van der Waals surface area (Å²) < 4.78 is 0. The van der Waals surface area contributed by atoms with Crippen molar-refractivity contribution in [2.24, 2.45) is 0 Å². The van der Waals surface area contributed by atoms with Crippen molar-refractivity contribution in [1.29, 1.82) is 0 Å². The van der Waals surface area contributed by atoms with Crippen molar-refractivity contribution >= 4 is 33.5 Å². The average Bonchev–Trinajstić information content (AvgIpc) is 3.53. The van der Waals surface area contributed by atoms with Gasteiger partial charge in [0, 0.05) is 53.1 Å². The molecule has 0 bridgehead atoms. The van der Waals surface area contributed by atoms with Crippen molar-refractivity contribution in [3.8, 4) is 33.6 Å². The Labute approximate surface area is 200 Å². The van der Waals surface area contributed by atoms with E-state index in [0.717, 1.165) is 55.6 Å². The van der Waals surface area contributed by atoms with Gasteiger partial charge in [-0.05, 0) is 47.5 Å². The molecule has 6 rings (SSSR count). The molecule has 6 aromatic rings. The number of nitrogens with one attached hydrogen (secondary N) is 3. The van der Waals surface area contributed by atoms with Crippen LogP contribution in [0.4, 0.5) is 5.69 Å². The first kappa shape index (κ1) is 20.7. The van der Waals surface area contributed by atoms with Crippen LogP contribution in [0.15, 0.2) is 79.5 Å². The maximum absolute atomic E-state index is 11.8. The van der Waals surface area contributed by atoms with Gasteiger partial charge in [0.15, 0.2) is 0 Å². The fourth-order valence-electron chi connectivity index (χ4n) is 4.24. The standard InChI is InChI=1S/C27H21N7O/c1-2-25(35)31-19-10-18(14-29-15-19)16-5-6-23-22(11-16)26(34-33-23)24-12-21-20(7-9-30-27(21)32-24)17-4-3-8-28-13-17/h3-15H,2H2,1H3,(H,30,32)(H,31,35)(H,33,34). The summed E-state index contributed by atoms with van der Waals surface area (Å²) in [5.41, 5.74) is 8.03.